The van der Waals surface area contributed by atoms with Gasteiger partial charge in [-0.15, -0.1) is 0 Å². The number of nitrogens with zero attached hydrogens (tertiary/aromatic N) is 2. The molecule has 0 bridgehead atoms. The minimum atomic E-state index is -0.864. The number of rotatable bonds is 10. The first-order valence-corrected chi connectivity index (χ1v) is 29.1. The molecule has 1 aliphatic rings. The van der Waals surface area contributed by atoms with Crippen molar-refractivity contribution in [3.63, 3.8) is 0 Å². The molecular formula is C81H52N2O2. The molecule has 0 saturated heterocycles. The van der Waals surface area contributed by atoms with E-state index in [4.69, 9.17) is 8.83 Å². The van der Waals surface area contributed by atoms with E-state index in [2.05, 4.69) is 325 Å². The average Bonchev–Trinajstić information content (AvgIpc) is 1.59. The third-order valence-electron chi connectivity index (χ3n) is 17.7. The van der Waals surface area contributed by atoms with Crippen molar-refractivity contribution in [3.05, 3.63) is 338 Å². The first kappa shape index (κ1) is 48.5. The summed E-state index contributed by atoms with van der Waals surface area (Å²) in [6.45, 7) is 0. The van der Waals surface area contributed by atoms with Gasteiger partial charge in [0.25, 0.3) is 0 Å². The molecule has 0 spiro atoms. The van der Waals surface area contributed by atoms with Gasteiger partial charge in [-0.25, -0.2) is 0 Å². The first-order chi connectivity index (χ1) is 42.2. The van der Waals surface area contributed by atoms with Gasteiger partial charge in [0.05, 0.1) is 28.2 Å². The molecule has 17 rings (SSSR count). The van der Waals surface area contributed by atoms with Gasteiger partial charge in [0.2, 0.25) is 0 Å². The smallest absolute Gasteiger partial charge is 0.159 e. The van der Waals surface area contributed by atoms with Crippen molar-refractivity contribution in [3.8, 4) is 33.4 Å². The molecule has 0 unspecified atom stereocenters. The Labute approximate surface area is 492 Å². The average molecular weight is 1090 g/mol. The van der Waals surface area contributed by atoms with Gasteiger partial charge < -0.3 is 18.6 Å². The predicted molar refractivity (Wildman–Crippen MR) is 354 cm³/mol. The number of benzene rings is 14. The molecule has 1 aliphatic carbocycles. The summed E-state index contributed by atoms with van der Waals surface area (Å²) in [4.78, 5) is 4.92. The standard InChI is InChI=1S/C81H52N2O2/c1-5-25-53(26-6-1)55-29-21-35-59(49-55)82(71-45-23-43-67-63-39-17-19-47-75(63)84-79(67)71)73-51-69-77(65-41-15-13-37-61(65)73)78-66-42-16-14-38-62(66)74(52-70(78)81(69,57-31-9-3-10-32-57)58-33-11-4-12-34-58)83(60-36-22-30-56(50-60)54-27-7-2-8-28-54)72-46-24-44-68-64-40-18-20-48-76(64)85-80(68)72/h1-52H. The summed E-state index contributed by atoms with van der Waals surface area (Å²) >= 11 is 0. The molecule has 0 amide bonds. The van der Waals surface area contributed by atoms with Crippen LogP contribution in [0.25, 0.3) is 98.8 Å². The fourth-order valence-corrected chi connectivity index (χ4v) is 14.1. The minimum Gasteiger partial charge on any atom is -0.454 e. The van der Waals surface area contributed by atoms with Crippen molar-refractivity contribution >= 4 is 99.5 Å². The second-order valence-corrected chi connectivity index (χ2v) is 22.2. The number of fused-ring (bicyclic) bond motifs is 13. The number of hydrogen-bond donors (Lipinski definition) is 0. The van der Waals surface area contributed by atoms with E-state index in [1.807, 2.05) is 0 Å². The van der Waals surface area contributed by atoms with E-state index in [1.165, 1.54) is 22.3 Å². The lowest BCUT2D eigenvalue weighted by Gasteiger charge is -2.36. The maximum absolute atomic E-state index is 7.04. The molecule has 16 aromatic rings. The molecule has 0 fully saturated rings. The maximum Gasteiger partial charge on any atom is 0.159 e. The number of anilines is 6. The van der Waals surface area contributed by atoms with Crippen molar-refractivity contribution < 1.29 is 8.83 Å². The molecule has 85 heavy (non-hydrogen) atoms. The van der Waals surface area contributed by atoms with Crippen LogP contribution in [-0.2, 0) is 5.41 Å². The van der Waals surface area contributed by atoms with Crippen molar-refractivity contribution in [2.24, 2.45) is 0 Å². The van der Waals surface area contributed by atoms with E-state index in [1.54, 1.807) is 0 Å². The molecule has 4 nitrogen and oxygen atoms in total. The molecule has 14 aromatic carbocycles. The lowest BCUT2D eigenvalue weighted by atomic mass is 9.67. The van der Waals surface area contributed by atoms with Gasteiger partial charge >= 0.3 is 0 Å². The largest absolute Gasteiger partial charge is 0.454 e. The summed E-state index contributed by atoms with van der Waals surface area (Å²) in [6, 6.07) is 115. The Morgan fingerprint density at radius 1 is 0.235 bits per heavy atom. The molecule has 398 valence electrons. The molecule has 2 heterocycles. The topological polar surface area (TPSA) is 32.8 Å². The van der Waals surface area contributed by atoms with E-state index in [0.717, 1.165) is 133 Å². The summed E-state index contributed by atoms with van der Waals surface area (Å²) in [5.74, 6) is 0. The Morgan fingerprint density at radius 3 is 0.988 bits per heavy atom. The number of furan rings is 2. The highest BCUT2D eigenvalue weighted by molar-refractivity contribution is 6.20. The van der Waals surface area contributed by atoms with Gasteiger partial charge in [0, 0.05) is 43.7 Å². The van der Waals surface area contributed by atoms with Crippen LogP contribution < -0.4 is 9.80 Å². The van der Waals surface area contributed by atoms with Crippen LogP contribution in [-0.4, -0.2) is 0 Å². The van der Waals surface area contributed by atoms with Crippen molar-refractivity contribution in [2.75, 3.05) is 9.80 Å². The second-order valence-electron chi connectivity index (χ2n) is 22.2. The van der Waals surface area contributed by atoms with Crippen molar-refractivity contribution in [2.45, 2.75) is 5.41 Å². The number of para-hydroxylation sites is 4. The predicted octanol–water partition coefficient (Wildman–Crippen LogP) is 22.4. The second kappa shape index (κ2) is 19.5. The Kier molecular flexibility index (Phi) is 11.1. The van der Waals surface area contributed by atoms with Gasteiger partial charge in [-0.1, -0.05) is 255 Å². The SMILES string of the molecule is c1ccc(-c2cccc(N(c3cc4c(c5ccccc35)-c3c(cc(N(c5cccc(-c6ccccc6)c5)c5cccc6c5oc5ccccc56)c5ccccc35)C4(c3ccccc3)c3ccccc3)c3cccc4c3oc3ccccc34)c2)cc1. The first-order valence-electron chi connectivity index (χ1n) is 29.1. The molecule has 0 radical (unpaired) electrons. The summed E-state index contributed by atoms with van der Waals surface area (Å²) in [6.07, 6.45) is 0. The van der Waals surface area contributed by atoms with E-state index >= 15 is 0 Å². The molecule has 4 heteroatoms. The third kappa shape index (κ3) is 7.49. The Hall–Kier alpha value is -11.2. The van der Waals surface area contributed by atoms with Crippen molar-refractivity contribution in [1.29, 1.82) is 0 Å². The summed E-state index contributed by atoms with van der Waals surface area (Å²) < 4.78 is 14.1. The third-order valence-corrected chi connectivity index (χ3v) is 17.7. The van der Waals surface area contributed by atoms with Gasteiger partial charge in [0.1, 0.15) is 11.2 Å². The van der Waals surface area contributed by atoms with Crippen LogP contribution in [0.5, 0.6) is 0 Å². The van der Waals surface area contributed by atoms with Gasteiger partial charge in [0.15, 0.2) is 11.2 Å². The normalized spacial score (nSPS) is 12.6. The van der Waals surface area contributed by atoms with Gasteiger partial charge in [-0.05, 0) is 127 Å². The zero-order chi connectivity index (χ0) is 56.0. The molecule has 2 aromatic heterocycles. The zero-order valence-electron chi connectivity index (χ0n) is 46.2. The van der Waals surface area contributed by atoms with E-state index in [0.29, 0.717) is 0 Å². The molecule has 0 N–H and O–H groups in total. The quantitative estimate of drug-likeness (QED) is 0.137. The Balaban J connectivity index is 1.01. The Morgan fingerprint density at radius 2 is 0.565 bits per heavy atom. The van der Waals surface area contributed by atoms with Crippen LogP contribution >= 0.6 is 0 Å². The maximum atomic E-state index is 7.04. The molecule has 0 aliphatic heterocycles. The lowest BCUT2D eigenvalue weighted by Crippen LogP contribution is -2.29. The van der Waals surface area contributed by atoms with Gasteiger partial charge in [-0.2, -0.15) is 0 Å². The highest BCUT2D eigenvalue weighted by Crippen LogP contribution is 2.63. The highest BCUT2D eigenvalue weighted by atomic mass is 16.3. The highest BCUT2D eigenvalue weighted by Gasteiger charge is 2.49. The van der Waals surface area contributed by atoms with Crippen molar-refractivity contribution in [1.82, 2.24) is 0 Å². The van der Waals surface area contributed by atoms with E-state index in [9.17, 15) is 0 Å². The summed E-state index contributed by atoms with van der Waals surface area (Å²) in [5, 5.41) is 8.84. The fourth-order valence-electron chi connectivity index (χ4n) is 14.1. The molecule has 0 atom stereocenters. The van der Waals surface area contributed by atoms with Crippen LogP contribution in [0.2, 0.25) is 0 Å². The van der Waals surface area contributed by atoms with Crippen LogP contribution in [0, 0.1) is 0 Å². The van der Waals surface area contributed by atoms with Crippen LogP contribution in [0.4, 0.5) is 34.1 Å². The molecular weight excluding hydrogens is 1030 g/mol. The fraction of sp³-hybridized carbons (Fsp3) is 0.0123. The van der Waals surface area contributed by atoms with Crippen LogP contribution in [0.15, 0.2) is 324 Å². The summed E-state index contributed by atoms with van der Waals surface area (Å²) in [7, 11) is 0. The van der Waals surface area contributed by atoms with E-state index < -0.39 is 5.41 Å². The summed E-state index contributed by atoms with van der Waals surface area (Å²) in [5.41, 5.74) is 20.2. The van der Waals surface area contributed by atoms with Crippen LogP contribution in [0.3, 0.4) is 0 Å². The van der Waals surface area contributed by atoms with Gasteiger partial charge in [-0.3, -0.25) is 0 Å². The lowest BCUT2D eigenvalue weighted by molar-refractivity contribution is 0.669. The van der Waals surface area contributed by atoms with Crippen LogP contribution in [0.1, 0.15) is 22.3 Å². The monoisotopic (exact) mass is 1080 g/mol. The number of hydrogen-bond acceptors (Lipinski definition) is 4. The molecule has 0 saturated carbocycles. The zero-order valence-corrected chi connectivity index (χ0v) is 46.2. The van der Waals surface area contributed by atoms with E-state index in [-0.39, 0.29) is 0 Å². The Bertz CT molecular complexity index is 4930. The minimum absolute atomic E-state index is 0.825.